The van der Waals surface area contributed by atoms with Gasteiger partial charge in [0.1, 0.15) is 0 Å². The zero-order chi connectivity index (χ0) is 11.5. The molecule has 0 saturated heterocycles. The highest BCUT2D eigenvalue weighted by Crippen LogP contribution is 2.26. The van der Waals surface area contributed by atoms with Gasteiger partial charge in [0.05, 0.1) is 11.8 Å². The summed E-state index contributed by atoms with van der Waals surface area (Å²) in [5, 5.41) is 9.09. The van der Waals surface area contributed by atoms with E-state index in [1.54, 1.807) is 36.5 Å². The van der Waals surface area contributed by atoms with Crippen molar-refractivity contribution in [2.45, 2.75) is 0 Å². The Labute approximate surface area is 92.4 Å². The molecule has 4 nitrogen and oxygen atoms in total. The molecule has 4 heteroatoms. The number of carboxylic acids is 1. The summed E-state index contributed by atoms with van der Waals surface area (Å²) in [6.07, 6.45) is 4.32. The lowest BCUT2D eigenvalue weighted by Crippen LogP contribution is -2.04. The van der Waals surface area contributed by atoms with Gasteiger partial charge in [-0.05, 0) is 12.1 Å². The molecule has 0 spiro atoms. The molecule has 1 aromatic carbocycles. The van der Waals surface area contributed by atoms with Crippen LogP contribution in [0.4, 0.5) is 5.69 Å². The van der Waals surface area contributed by atoms with E-state index in [1.165, 1.54) is 0 Å². The Kier molecular flexibility index (Phi) is 2.55. The summed E-state index contributed by atoms with van der Waals surface area (Å²) in [4.78, 5) is 14.9. The van der Waals surface area contributed by atoms with E-state index < -0.39 is 5.97 Å². The molecule has 3 N–H and O–H groups in total. The summed E-state index contributed by atoms with van der Waals surface area (Å²) in [5.41, 5.74) is 7.12. The van der Waals surface area contributed by atoms with Gasteiger partial charge < -0.3 is 10.8 Å². The van der Waals surface area contributed by atoms with Gasteiger partial charge in [-0.1, -0.05) is 18.2 Å². The number of aromatic nitrogens is 1. The van der Waals surface area contributed by atoms with Crippen LogP contribution in [0.5, 0.6) is 0 Å². The van der Waals surface area contributed by atoms with Crippen molar-refractivity contribution in [1.82, 2.24) is 4.98 Å². The highest BCUT2D eigenvalue weighted by atomic mass is 16.4. The molecule has 1 radical (unpaired) electrons. The Morgan fingerprint density at radius 1 is 1.31 bits per heavy atom. The van der Waals surface area contributed by atoms with Crippen LogP contribution >= 0.6 is 0 Å². The lowest BCUT2D eigenvalue weighted by atomic mass is 10.00. The van der Waals surface area contributed by atoms with Crippen LogP contribution in [0, 0.1) is 6.20 Å². The van der Waals surface area contributed by atoms with Gasteiger partial charge in [0.25, 0.3) is 0 Å². The third-order valence-electron chi connectivity index (χ3n) is 2.21. The molecule has 0 aliphatic rings. The third-order valence-corrected chi connectivity index (χ3v) is 2.21. The number of hydrogen-bond donors (Lipinski definition) is 2. The second-order valence-corrected chi connectivity index (χ2v) is 3.24. The molecule has 2 rings (SSSR count). The number of carboxylic acid groups (broad SMARTS) is 1. The fourth-order valence-electron chi connectivity index (χ4n) is 1.51. The molecule has 0 aliphatic carbocycles. The number of nitrogen functional groups attached to an aromatic ring is 1. The van der Waals surface area contributed by atoms with E-state index >= 15 is 0 Å². The number of hydrogen-bond acceptors (Lipinski definition) is 3. The Balaban J connectivity index is 2.66. The highest BCUT2D eigenvalue weighted by Gasteiger charge is 2.14. The van der Waals surface area contributed by atoms with Crippen LogP contribution in [0.15, 0.2) is 36.5 Å². The van der Waals surface area contributed by atoms with E-state index in [9.17, 15) is 4.79 Å². The second kappa shape index (κ2) is 4.02. The van der Waals surface area contributed by atoms with Crippen LogP contribution in [-0.4, -0.2) is 16.1 Å². The smallest absolute Gasteiger partial charge is 0.338 e. The van der Waals surface area contributed by atoms with E-state index in [2.05, 4.69) is 11.2 Å². The maximum absolute atomic E-state index is 11.1. The van der Waals surface area contributed by atoms with Gasteiger partial charge in [-0.15, -0.1) is 0 Å². The normalized spacial score (nSPS) is 10.0. The topological polar surface area (TPSA) is 76.2 Å². The molecule has 16 heavy (non-hydrogen) atoms. The van der Waals surface area contributed by atoms with Crippen molar-refractivity contribution < 1.29 is 9.90 Å². The number of pyridine rings is 1. The predicted molar refractivity (Wildman–Crippen MR) is 59.9 cm³/mol. The van der Waals surface area contributed by atoms with E-state index in [4.69, 9.17) is 10.8 Å². The van der Waals surface area contributed by atoms with Crippen molar-refractivity contribution in [2.24, 2.45) is 0 Å². The first-order chi connectivity index (χ1) is 7.70. The second-order valence-electron chi connectivity index (χ2n) is 3.24. The molecule has 1 aromatic heterocycles. The van der Waals surface area contributed by atoms with Gasteiger partial charge in [0.2, 0.25) is 0 Å². The molecule has 0 unspecified atom stereocenters. The van der Waals surface area contributed by atoms with Gasteiger partial charge in [0.15, 0.2) is 0 Å². The van der Waals surface area contributed by atoms with Crippen LogP contribution < -0.4 is 5.73 Å². The quantitative estimate of drug-likeness (QED) is 0.746. The molecule has 2 aromatic rings. The molecule has 0 bridgehead atoms. The number of nitrogens with zero attached hydrogens (tertiary/aromatic N) is 1. The van der Waals surface area contributed by atoms with Crippen LogP contribution in [0.2, 0.25) is 0 Å². The number of anilines is 1. The summed E-state index contributed by atoms with van der Waals surface area (Å²) < 4.78 is 0. The maximum atomic E-state index is 11.1. The highest BCUT2D eigenvalue weighted by molar-refractivity contribution is 6.01. The van der Waals surface area contributed by atoms with Gasteiger partial charge >= 0.3 is 5.97 Å². The monoisotopic (exact) mass is 213 g/mol. The Morgan fingerprint density at radius 2 is 2.12 bits per heavy atom. The standard InChI is InChI=1S/C12H9N2O2/c13-10-5-1-4-9(11(10)12(15)16)8-3-2-6-14-7-8/h1-6H,13H2,(H,15,16). The average molecular weight is 213 g/mol. The van der Waals surface area contributed by atoms with Crippen molar-refractivity contribution in [2.75, 3.05) is 5.73 Å². The first-order valence-electron chi connectivity index (χ1n) is 4.65. The lowest BCUT2D eigenvalue weighted by molar-refractivity contribution is 0.0699. The summed E-state index contributed by atoms with van der Waals surface area (Å²) in [7, 11) is 0. The molecule has 0 atom stereocenters. The SMILES string of the molecule is Nc1cccc(-c2[c]nccc2)c1C(=O)O. The number of carbonyl (C=O) groups is 1. The summed E-state index contributed by atoms with van der Waals surface area (Å²) in [6, 6.07) is 8.42. The zero-order valence-electron chi connectivity index (χ0n) is 8.34. The van der Waals surface area contributed by atoms with E-state index in [-0.39, 0.29) is 11.3 Å². The van der Waals surface area contributed by atoms with E-state index in [0.717, 1.165) is 0 Å². The van der Waals surface area contributed by atoms with Crippen LogP contribution in [0.1, 0.15) is 10.4 Å². The first kappa shape index (κ1) is 10.2. The predicted octanol–water partition coefficient (Wildman–Crippen LogP) is 1.83. The summed E-state index contributed by atoms with van der Waals surface area (Å²) in [6.45, 7) is 0. The molecular weight excluding hydrogens is 204 g/mol. The van der Waals surface area contributed by atoms with Crippen LogP contribution in [0.3, 0.4) is 0 Å². The number of aromatic carboxylic acids is 1. The molecule has 79 valence electrons. The fraction of sp³-hybridized carbons (Fsp3) is 0. The number of rotatable bonds is 2. The van der Waals surface area contributed by atoms with Gasteiger partial charge in [-0.3, -0.25) is 4.98 Å². The average Bonchev–Trinajstić information content (AvgIpc) is 2.29. The lowest BCUT2D eigenvalue weighted by Gasteiger charge is -2.07. The minimum atomic E-state index is -1.05. The van der Waals surface area contributed by atoms with Crippen molar-refractivity contribution >= 4 is 11.7 Å². The molecule has 0 fully saturated rings. The van der Waals surface area contributed by atoms with Gasteiger partial charge in [0, 0.05) is 23.0 Å². The maximum Gasteiger partial charge on any atom is 0.338 e. The fourth-order valence-corrected chi connectivity index (χ4v) is 1.51. The minimum absolute atomic E-state index is 0.0896. The first-order valence-corrected chi connectivity index (χ1v) is 4.65. The molecule has 0 saturated carbocycles. The van der Waals surface area contributed by atoms with Crippen LogP contribution in [0.25, 0.3) is 11.1 Å². The van der Waals surface area contributed by atoms with Crippen molar-refractivity contribution in [3.63, 3.8) is 0 Å². The Morgan fingerprint density at radius 3 is 2.75 bits per heavy atom. The molecule has 0 amide bonds. The van der Waals surface area contributed by atoms with Crippen molar-refractivity contribution in [3.05, 3.63) is 48.3 Å². The van der Waals surface area contributed by atoms with Gasteiger partial charge in [-0.2, -0.15) is 0 Å². The minimum Gasteiger partial charge on any atom is -0.478 e. The molecule has 1 heterocycles. The van der Waals surface area contributed by atoms with Crippen LogP contribution in [-0.2, 0) is 0 Å². The largest absolute Gasteiger partial charge is 0.478 e. The van der Waals surface area contributed by atoms with Gasteiger partial charge in [-0.25, -0.2) is 4.79 Å². The molecular formula is C12H9N2O2. The zero-order valence-corrected chi connectivity index (χ0v) is 8.34. The summed E-state index contributed by atoms with van der Waals surface area (Å²) in [5.74, 6) is -1.05. The Bertz CT molecular complexity index is 524. The van der Waals surface area contributed by atoms with E-state index in [1.807, 2.05) is 0 Å². The van der Waals surface area contributed by atoms with Crippen molar-refractivity contribution in [1.29, 1.82) is 0 Å². The number of nitrogens with two attached hydrogens (primary N) is 1. The molecule has 0 aliphatic heterocycles. The third kappa shape index (κ3) is 1.72. The van der Waals surface area contributed by atoms with E-state index in [0.29, 0.717) is 11.1 Å². The van der Waals surface area contributed by atoms with Crippen molar-refractivity contribution in [3.8, 4) is 11.1 Å². The summed E-state index contributed by atoms with van der Waals surface area (Å²) >= 11 is 0. The number of benzene rings is 1. The Hall–Kier alpha value is -2.36.